The minimum absolute atomic E-state index is 0.139. The van der Waals surface area contributed by atoms with E-state index < -0.39 is 35.0 Å². The number of benzene rings is 2. The summed E-state index contributed by atoms with van der Waals surface area (Å²) in [5.74, 6) is -1.87. The zero-order chi connectivity index (χ0) is 15.6. The predicted molar refractivity (Wildman–Crippen MR) is 66.5 cm³/mol. The molecule has 1 atom stereocenters. The molecule has 0 saturated carbocycles. The first-order valence-corrected chi connectivity index (χ1v) is 6.07. The second-order valence-electron chi connectivity index (χ2n) is 4.55. The maximum Gasteiger partial charge on any atom is 0.416 e. The van der Waals surface area contributed by atoms with Crippen LogP contribution in [0.3, 0.4) is 0 Å². The minimum atomic E-state index is -4.51. The van der Waals surface area contributed by atoms with Gasteiger partial charge in [-0.2, -0.15) is 13.2 Å². The van der Waals surface area contributed by atoms with E-state index in [4.69, 9.17) is 0 Å². The molecule has 0 aliphatic rings. The molecule has 0 bridgehead atoms. The van der Waals surface area contributed by atoms with Crippen LogP contribution in [-0.2, 0) is 12.6 Å². The highest BCUT2D eigenvalue weighted by Gasteiger charge is 2.30. The topological polar surface area (TPSA) is 20.2 Å². The molecular formula is C15H11F5O. The van der Waals surface area contributed by atoms with Gasteiger partial charge >= 0.3 is 6.18 Å². The standard InChI is InChI=1S/C15H11F5O/c16-11-5-2-6-12(17)14(11)13(21)8-9-3-1-4-10(7-9)15(18,19)20/h1-7,13,21H,8H2. The molecule has 0 aliphatic carbocycles. The van der Waals surface area contributed by atoms with Crippen molar-refractivity contribution in [2.75, 3.05) is 0 Å². The van der Waals surface area contributed by atoms with Crippen LogP contribution in [0.4, 0.5) is 22.0 Å². The van der Waals surface area contributed by atoms with Gasteiger partial charge in [0.2, 0.25) is 0 Å². The number of halogens is 5. The van der Waals surface area contributed by atoms with Gasteiger partial charge < -0.3 is 5.11 Å². The zero-order valence-corrected chi connectivity index (χ0v) is 10.7. The van der Waals surface area contributed by atoms with Crippen LogP contribution in [0.15, 0.2) is 42.5 Å². The van der Waals surface area contributed by atoms with Crippen molar-refractivity contribution in [2.24, 2.45) is 0 Å². The lowest BCUT2D eigenvalue weighted by atomic mass is 9.99. The van der Waals surface area contributed by atoms with Crippen LogP contribution in [0.1, 0.15) is 22.8 Å². The van der Waals surface area contributed by atoms with Gasteiger partial charge in [0.1, 0.15) is 11.6 Å². The Morgan fingerprint density at radius 3 is 2.10 bits per heavy atom. The van der Waals surface area contributed by atoms with E-state index in [-0.39, 0.29) is 12.0 Å². The monoisotopic (exact) mass is 302 g/mol. The summed E-state index contributed by atoms with van der Waals surface area (Å²) in [4.78, 5) is 0. The summed E-state index contributed by atoms with van der Waals surface area (Å²) in [7, 11) is 0. The minimum Gasteiger partial charge on any atom is -0.388 e. The highest BCUT2D eigenvalue weighted by molar-refractivity contribution is 5.29. The van der Waals surface area contributed by atoms with E-state index in [9.17, 15) is 27.1 Å². The number of hydrogen-bond acceptors (Lipinski definition) is 1. The van der Waals surface area contributed by atoms with Gasteiger partial charge in [0.15, 0.2) is 0 Å². The van der Waals surface area contributed by atoms with Crippen molar-refractivity contribution in [3.8, 4) is 0 Å². The number of aliphatic hydroxyl groups excluding tert-OH is 1. The van der Waals surface area contributed by atoms with Crippen LogP contribution in [0, 0.1) is 11.6 Å². The average molecular weight is 302 g/mol. The molecule has 112 valence electrons. The van der Waals surface area contributed by atoms with Crippen LogP contribution >= 0.6 is 0 Å². The van der Waals surface area contributed by atoms with Gasteiger partial charge in [0, 0.05) is 6.42 Å². The van der Waals surface area contributed by atoms with Gasteiger partial charge in [-0.25, -0.2) is 8.78 Å². The summed E-state index contributed by atoms with van der Waals surface area (Å²) in [6.45, 7) is 0. The molecule has 1 nitrogen and oxygen atoms in total. The third-order valence-corrected chi connectivity index (χ3v) is 3.02. The fourth-order valence-corrected chi connectivity index (χ4v) is 2.03. The van der Waals surface area contributed by atoms with E-state index in [1.165, 1.54) is 12.1 Å². The molecule has 21 heavy (non-hydrogen) atoms. The molecule has 0 spiro atoms. The van der Waals surface area contributed by atoms with Crippen molar-refractivity contribution in [3.63, 3.8) is 0 Å². The Morgan fingerprint density at radius 1 is 0.952 bits per heavy atom. The number of rotatable bonds is 3. The van der Waals surface area contributed by atoms with Crippen LogP contribution in [0.2, 0.25) is 0 Å². The fraction of sp³-hybridized carbons (Fsp3) is 0.200. The van der Waals surface area contributed by atoms with Crippen LogP contribution in [-0.4, -0.2) is 5.11 Å². The van der Waals surface area contributed by atoms with E-state index in [1.54, 1.807) is 0 Å². The van der Waals surface area contributed by atoms with Crippen molar-refractivity contribution in [1.82, 2.24) is 0 Å². The third-order valence-electron chi connectivity index (χ3n) is 3.02. The van der Waals surface area contributed by atoms with Gasteiger partial charge in [-0.3, -0.25) is 0 Å². The second-order valence-corrected chi connectivity index (χ2v) is 4.55. The number of hydrogen-bond donors (Lipinski definition) is 1. The first-order chi connectivity index (χ1) is 9.79. The highest BCUT2D eigenvalue weighted by Crippen LogP contribution is 2.31. The first-order valence-electron chi connectivity index (χ1n) is 6.07. The summed E-state index contributed by atoms with van der Waals surface area (Å²) >= 11 is 0. The van der Waals surface area contributed by atoms with Crippen molar-refractivity contribution in [3.05, 3.63) is 70.8 Å². The van der Waals surface area contributed by atoms with E-state index in [1.807, 2.05) is 0 Å². The Kier molecular flexibility index (Phi) is 4.27. The van der Waals surface area contributed by atoms with Gasteiger partial charge in [0.05, 0.1) is 17.2 Å². The molecule has 0 fully saturated rings. The number of alkyl halides is 3. The lowest BCUT2D eigenvalue weighted by molar-refractivity contribution is -0.137. The van der Waals surface area contributed by atoms with Gasteiger partial charge in [-0.1, -0.05) is 24.3 Å². The van der Waals surface area contributed by atoms with E-state index in [0.29, 0.717) is 0 Å². The number of aliphatic hydroxyl groups is 1. The quantitative estimate of drug-likeness (QED) is 0.840. The smallest absolute Gasteiger partial charge is 0.388 e. The van der Waals surface area contributed by atoms with Crippen molar-refractivity contribution >= 4 is 0 Å². The van der Waals surface area contributed by atoms with Gasteiger partial charge in [0.25, 0.3) is 0 Å². The Bertz CT molecular complexity index is 616. The molecule has 0 radical (unpaired) electrons. The summed E-state index contributed by atoms with van der Waals surface area (Å²) in [6.07, 6.45) is -6.39. The lowest BCUT2D eigenvalue weighted by Crippen LogP contribution is -2.09. The molecule has 0 aromatic heterocycles. The fourth-order valence-electron chi connectivity index (χ4n) is 2.03. The molecule has 0 saturated heterocycles. The van der Waals surface area contributed by atoms with Gasteiger partial charge in [-0.05, 0) is 23.8 Å². The Balaban J connectivity index is 2.26. The summed E-state index contributed by atoms with van der Waals surface area (Å²) in [6, 6.07) is 7.38. The third kappa shape index (κ3) is 3.58. The van der Waals surface area contributed by atoms with Crippen LogP contribution in [0.5, 0.6) is 0 Å². The Morgan fingerprint density at radius 2 is 1.52 bits per heavy atom. The molecule has 6 heteroatoms. The molecular weight excluding hydrogens is 291 g/mol. The summed E-state index contributed by atoms with van der Waals surface area (Å²) in [5, 5.41) is 9.87. The van der Waals surface area contributed by atoms with Crippen molar-refractivity contribution < 1.29 is 27.1 Å². The molecule has 2 rings (SSSR count). The van der Waals surface area contributed by atoms with E-state index in [0.717, 1.165) is 30.3 Å². The highest BCUT2D eigenvalue weighted by atomic mass is 19.4. The molecule has 0 aliphatic heterocycles. The molecule has 1 unspecified atom stereocenters. The maximum absolute atomic E-state index is 13.5. The van der Waals surface area contributed by atoms with E-state index >= 15 is 0 Å². The van der Waals surface area contributed by atoms with Gasteiger partial charge in [-0.15, -0.1) is 0 Å². The van der Waals surface area contributed by atoms with E-state index in [2.05, 4.69) is 0 Å². The molecule has 2 aromatic rings. The summed E-state index contributed by atoms with van der Waals surface area (Å²) < 4.78 is 64.7. The largest absolute Gasteiger partial charge is 0.416 e. The normalized spacial score (nSPS) is 13.2. The molecule has 1 N–H and O–H groups in total. The predicted octanol–water partition coefficient (Wildman–Crippen LogP) is 4.26. The molecule has 2 aromatic carbocycles. The SMILES string of the molecule is OC(Cc1cccc(C(F)(F)F)c1)c1c(F)cccc1F. The summed E-state index contributed by atoms with van der Waals surface area (Å²) in [5.41, 5.74) is -1.28. The Labute approximate surface area is 117 Å². The average Bonchev–Trinajstić information content (AvgIpc) is 2.37. The zero-order valence-electron chi connectivity index (χ0n) is 10.7. The van der Waals surface area contributed by atoms with Crippen molar-refractivity contribution in [1.29, 1.82) is 0 Å². The van der Waals surface area contributed by atoms with Crippen LogP contribution < -0.4 is 0 Å². The lowest BCUT2D eigenvalue weighted by Gasteiger charge is -2.14. The van der Waals surface area contributed by atoms with Crippen molar-refractivity contribution in [2.45, 2.75) is 18.7 Å². The molecule has 0 heterocycles. The Hall–Kier alpha value is -1.95. The van der Waals surface area contributed by atoms with Crippen LogP contribution in [0.25, 0.3) is 0 Å². The maximum atomic E-state index is 13.5. The second kappa shape index (κ2) is 5.81. The first kappa shape index (κ1) is 15.4. The molecule has 0 amide bonds.